The zero-order chi connectivity index (χ0) is 13.9. The molecule has 1 aliphatic rings. The zero-order valence-electron chi connectivity index (χ0n) is 12.3. The lowest BCUT2D eigenvalue weighted by molar-refractivity contribution is -0.0608. The van der Waals surface area contributed by atoms with Crippen LogP contribution in [0, 0.1) is 0 Å². The average Bonchev–Trinajstić information content (AvgIpc) is 2.89. The van der Waals surface area contributed by atoms with E-state index in [0.29, 0.717) is 6.54 Å². The molecule has 2 unspecified atom stereocenters. The van der Waals surface area contributed by atoms with Crippen LogP contribution >= 0.6 is 0 Å². The van der Waals surface area contributed by atoms with Gasteiger partial charge in [0.05, 0.1) is 17.8 Å². The predicted molar refractivity (Wildman–Crippen MR) is 75.9 cm³/mol. The van der Waals surface area contributed by atoms with Gasteiger partial charge in [0.2, 0.25) is 0 Å². The molecule has 0 aromatic carbocycles. The summed E-state index contributed by atoms with van der Waals surface area (Å²) in [6, 6.07) is 0.245. The van der Waals surface area contributed by atoms with E-state index in [-0.39, 0.29) is 11.6 Å². The summed E-state index contributed by atoms with van der Waals surface area (Å²) >= 11 is 0. The maximum absolute atomic E-state index is 6.00. The number of aryl methyl sites for hydroxylation is 1. The van der Waals surface area contributed by atoms with Gasteiger partial charge in [0, 0.05) is 38.5 Å². The van der Waals surface area contributed by atoms with E-state index in [1.54, 1.807) is 7.11 Å². The van der Waals surface area contributed by atoms with Crippen LogP contribution in [-0.2, 0) is 11.3 Å². The molecule has 1 fully saturated rings. The van der Waals surface area contributed by atoms with Gasteiger partial charge in [0.1, 0.15) is 0 Å². The Labute approximate surface area is 115 Å². The third-order valence-corrected chi connectivity index (χ3v) is 4.21. The number of ether oxygens (including phenoxy) is 1. The first-order valence-electron chi connectivity index (χ1n) is 7.13. The Kier molecular flexibility index (Phi) is 4.60. The molecule has 1 aromatic rings. The van der Waals surface area contributed by atoms with Gasteiger partial charge < -0.3 is 10.5 Å². The quantitative estimate of drug-likeness (QED) is 0.875. The van der Waals surface area contributed by atoms with E-state index in [4.69, 9.17) is 10.5 Å². The van der Waals surface area contributed by atoms with E-state index >= 15 is 0 Å². The standard InChI is InChI=1S/C14H26N4O/c1-4-18-10-12(9-16-18)13(8-15)17-7-5-6-14(2,11-17)19-3/h9-10,13H,4-8,11,15H2,1-3H3. The van der Waals surface area contributed by atoms with Crippen molar-refractivity contribution in [2.24, 2.45) is 5.73 Å². The van der Waals surface area contributed by atoms with Gasteiger partial charge in [-0.15, -0.1) is 0 Å². The number of rotatable bonds is 5. The fourth-order valence-electron chi connectivity index (χ4n) is 2.90. The molecule has 2 heterocycles. The van der Waals surface area contributed by atoms with Gasteiger partial charge >= 0.3 is 0 Å². The minimum atomic E-state index is -0.0492. The molecule has 5 nitrogen and oxygen atoms in total. The maximum atomic E-state index is 6.00. The Morgan fingerprint density at radius 1 is 1.58 bits per heavy atom. The minimum absolute atomic E-state index is 0.0492. The van der Waals surface area contributed by atoms with Crippen molar-refractivity contribution in [3.05, 3.63) is 18.0 Å². The molecule has 2 N–H and O–H groups in total. The van der Waals surface area contributed by atoms with Gasteiger partial charge in [0.25, 0.3) is 0 Å². The Hall–Kier alpha value is -0.910. The zero-order valence-corrected chi connectivity index (χ0v) is 12.3. The number of nitrogens with two attached hydrogens (primary N) is 1. The Bertz CT molecular complexity index is 406. The number of aromatic nitrogens is 2. The monoisotopic (exact) mass is 266 g/mol. The van der Waals surface area contributed by atoms with Crippen molar-refractivity contribution in [3.63, 3.8) is 0 Å². The summed E-state index contributed by atoms with van der Waals surface area (Å²) in [6.45, 7) is 7.81. The van der Waals surface area contributed by atoms with Gasteiger partial charge in [-0.05, 0) is 33.2 Å². The van der Waals surface area contributed by atoms with Gasteiger partial charge in [-0.25, -0.2) is 0 Å². The van der Waals surface area contributed by atoms with Gasteiger partial charge in [-0.3, -0.25) is 9.58 Å². The summed E-state index contributed by atoms with van der Waals surface area (Å²) in [6.07, 6.45) is 6.32. The second kappa shape index (κ2) is 6.03. The number of methoxy groups -OCH3 is 1. The fourth-order valence-corrected chi connectivity index (χ4v) is 2.90. The second-order valence-electron chi connectivity index (χ2n) is 5.61. The lowest BCUT2D eigenvalue weighted by atomic mass is 9.92. The van der Waals surface area contributed by atoms with E-state index in [0.717, 1.165) is 32.5 Å². The minimum Gasteiger partial charge on any atom is -0.377 e. The summed E-state index contributed by atoms with van der Waals surface area (Å²) in [5.41, 5.74) is 7.16. The highest BCUT2D eigenvalue weighted by molar-refractivity contribution is 5.12. The average molecular weight is 266 g/mol. The van der Waals surface area contributed by atoms with Crippen molar-refractivity contribution in [1.82, 2.24) is 14.7 Å². The van der Waals surface area contributed by atoms with Gasteiger partial charge in [-0.1, -0.05) is 0 Å². The van der Waals surface area contributed by atoms with Crippen molar-refractivity contribution in [2.75, 3.05) is 26.7 Å². The van der Waals surface area contributed by atoms with Gasteiger partial charge in [-0.2, -0.15) is 5.10 Å². The number of piperidine rings is 1. The van der Waals surface area contributed by atoms with E-state index in [2.05, 4.69) is 30.0 Å². The predicted octanol–water partition coefficient (Wildman–Crippen LogP) is 1.40. The van der Waals surface area contributed by atoms with Crippen LogP contribution < -0.4 is 5.73 Å². The number of hydrogen-bond donors (Lipinski definition) is 1. The highest BCUT2D eigenvalue weighted by atomic mass is 16.5. The highest BCUT2D eigenvalue weighted by Gasteiger charge is 2.34. The number of likely N-dealkylation sites (tertiary alicyclic amines) is 1. The molecule has 1 aromatic heterocycles. The molecular weight excluding hydrogens is 240 g/mol. The van der Waals surface area contributed by atoms with Crippen LogP contribution in [-0.4, -0.2) is 47.0 Å². The molecule has 1 saturated heterocycles. The molecule has 0 amide bonds. The fraction of sp³-hybridized carbons (Fsp3) is 0.786. The van der Waals surface area contributed by atoms with E-state index in [1.165, 1.54) is 5.56 Å². The largest absolute Gasteiger partial charge is 0.377 e. The van der Waals surface area contributed by atoms with Crippen LogP contribution in [0.1, 0.15) is 38.3 Å². The molecule has 108 valence electrons. The third-order valence-electron chi connectivity index (χ3n) is 4.21. The lowest BCUT2D eigenvalue weighted by Crippen LogP contribution is -2.49. The Balaban J connectivity index is 2.12. The van der Waals surface area contributed by atoms with Crippen molar-refractivity contribution in [3.8, 4) is 0 Å². The summed E-state index contributed by atoms with van der Waals surface area (Å²) in [5, 5.41) is 4.36. The Morgan fingerprint density at radius 2 is 2.37 bits per heavy atom. The maximum Gasteiger partial charge on any atom is 0.0777 e. The Morgan fingerprint density at radius 3 is 2.95 bits per heavy atom. The van der Waals surface area contributed by atoms with Crippen LogP contribution in [0.15, 0.2) is 12.4 Å². The van der Waals surface area contributed by atoms with E-state index in [1.807, 2.05) is 10.9 Å². The molecule has 0 spiro atoms. The van der Waals surface area contributed by atoms with E-state index in [9.17, 15) is 0 Å². The molecule has 0 aliphatic carbocycles. The molecule has 19 heavy (non-hydrogen) atoms. The smallest absolute Gasteiger partial charge is 0.0777 e. The van der Waals surface area contributed by atoms with Crippen LogP contribution in [0.4, 0.5) is 0 Å². The number of nitrogens with zero attached hydrogens (tertiary/aromatic N) is 3. The summed E-state index contributed by atoms with van der Waals surface area (Å²) in [7, 11) is 1.80. The molecule has 2 rings (SSSR count). The van der Waals surface area contributed by atoms with Crippen molar-refractivity contribution in [1.29, 1.82) is 0 Å². The number of hydrogen-bond acceptors (Lipinski definition) is 4. The van der Waals surface area contributed by atoms with Crippen LogP contribution in [0.25, 0.3) is 0 Å². The molecule has 2 atom stereocenters. The van der Waals surface area contributed by atoms with Crippen molar-refractivity contribution < 1.29 is 4.74 Å². The molecule has 1 aliphatic heterocycles. The summed E-state index contributed by atoms with van der Waals surface area (Å²) in [4.78, 5) is 2.43. The molecule has 0 saturated carbocycles. The van der Waals surface area contributed by atoms with Crippen LogP contribution in [0.2, 0.25) is 0 Å². The first-order valence-corrected chi connectivity index (χ1v) is 7.13. The van der Waals surface area contributed by atoms with E-state index < -0.39 is 0 Å². The first kappa shape index (κ1) is 14.5. The molecule has 5 heteroatoms. The van der Waals surface area contributed by atoms with Crippen molar-refractivity contribution in [2.45, 2.75) is 44.9 Å². The van der Waals surface area contributed by atoms with Gasteiger partial charge in [0.15, 0.2) is 0 Å². The normalized spacial score (nSPS) is 26.5. The molecular formula is C14H26N4O. The topological polar surface area (TPSA) is 56.3 Å². The van der Waals surface area contributed by atoms with Crippen molar-refractivity contribution >= 4 is 0 Å². The highest BCUT2D eigenvalue weighted by Crippen LogP contribution is 2.30. The third kappa shape index (κ3) is 3.16. The lowest BCUT2D eigenvalue weighted by Gasteiger charge is -2.42. The molecule has 0 radical (unpaired) electrons. The van der Waals surface area contributed by atoms with Crippen LogP contribution in [0.3, 0.4) is 0 Å². The molecule has 0 bridgehead atoms. The second-order valence-corrected chi connectivity index (χ2v) is 5.61. The van der Waals surface area contributed by atoms with Crippen LogP contribution in [0.5, 0.6) is 0 Å². The summed E-state index contributed by atoms with van der Waals surface area (Å²) in [5.74, 6) is 0. The summed E-state index contributed by atoms with van der Waals surface area (Å²) < 4.78 is 7.62. The first-order chi connectivity index (χ1) is 9.11. The SMILES string of the molecule is CCn1cc(C(CN)N2CCCC(C)(OC)C2)cn1.